The minimum absolute atomic E-state index is 0.0778. The van der Waals surface area contributed by atoms with E-state index in [0.717, 1.165) is 0 Å². The fourth-order valence-corrected chi connectivity index (χ4v) is 4.55. The molecule has 2 aromatic rings. The van der Waals surface area contributed by atoms with Gasteiger partial charge in [0.1, 0.15) is 23.9 Å². The minimum Gasteiger partial charge on any atom is -0.493 e. The molecular weight excluding hydrogens is 420 g/mol. The van der Waals surface area contributed by atoms with Gasteiger partial charge in [0.25, 0.3) is 0 Å². The highest BCUT2D eigenvalue weighted by molar-refractivity contribution is 6.07. The SMILES string of the molecule is COc1cc2c(cc1OC)[C@]1(O)C(=O)c3ccc4c(c3O[C@@H]1CO2)CC(O)C(C)(CO)O4. The molecule has 3 aliphatic rings. The first-order valence-electron chi connectivity index (χ1n) is 10.2. The lowest BCUT2D eigenvalue weighted by atomic mass is 9.76. The number of aliphatic hydroxyl groups excluding tert-OH is 2. The highest BCUT2D eigenvalue weighted by Crippen LogP contribution is 2.51. The Hall–Kier alpha value is -3.01. The molecule has 170 valence electrons. The summed E-state index contributed by atoms with van der Waals surface area (Å²) in [6.07, 6.45) is -1.91. The van der Waals surface area contributed by atoms with Crippen LogP contribution in [0.25, 0.3) is 0 Å². The van der Waals surface area contributed by atoms with Gasteiger partial charge in [0.15, 0.2) is 28.8 Å². The molecule has 0 radical (unpaired) electrons. The van der Waals surface area contributed by atoms with Gasteiger partial charge in [-0.1, -0.05) is 0 Å². The number of ether oxygens (including phenoxy) is 5. The lowest BCUT2D eigenvalue weighted by Crippen LogP contribution is -2.58. The summed E-state index contributed by atoms with van der Waals surface area (Å²) in [6.45, 7) is 1.16. The Labute approximate surface area is 184 Å². The summed E-state index contributed by atoms with van der Waals surface area (Å²) in [5.74, 6) is 1.16. The van der Waals surface area contributed by atoms with Crippen LogP contribution in [0.3, 0.4) is 0 Å². The Balaban J connectivity index is 1.63. The standard InChI is InChI=1S/C23H24O9/c1-22(10-24)18(25)6-12-14(32-22)5-4-11-20(12)31-19-9-30-15-8-17(29-3)16(28-2)7-13(15)23(19,27)21(11)26/h4-5,7-8,18-19,24-25,27H,6,9-10H2,1-3H3/t18?,19-,22?,23-/m1/s1. The number of hydrogen-bond acceptors (Lipinski definition) is 9. The van der Waals surface area contributed by atoms with Crippen molar-refractivity contribution >= 4 is 5.78 Å². The van der Waals surface area contributed by atoms with Gasteiger partial charge in [-0.05, 0) is 25.1 Å². The van der Waals surface area contributed by atoms with Gasteiger partial charge in [-0.25, -0.2) is 0 Å². The van der Waals surface area contributed by atoms with Crippen LogP contribution in [0.2, 0.25) is 0 Å². The van der Waals surface area contributed by atoms with Crippen LogP contribution < -0.4 is 23.7 Å². The Morgan fingerprint density at radius 2 is 1.88 bits per heavy atom. The van der Waals surface area contributed by atoms with Crippen LogP contribution in [0, 0.1) is 0 Å². The van der Waals surface area contributed by atoms with Gasteiger partial charge in [0.05, 0.1) is 32.5 Å². The summed E-state index contributed by atoms with van der Waals surface area (Å²) < 4.78 is 28.4. The second-order valence-electron chi connectivity index (χ2n) is 8.43. The lowest BCUT2D eigenvalue weighted by molar-refractivity contribution is -0.0908. The van der Waals surface area contributed by atoms with Crippen molar-refractivity contribution in [2.24, 2.45) is 0 Å². The van der Waals surface area contributed by atoms with E-state index in [9.17, 15) is 20.1 Å². The third-order valence-corrected chi connectivity index (χ3v) is 6.58. The highest BCUT2D eigenvalue weighted by atomic mass is 16.6. The average molecular weight is 444 g/mol. The van der Waals surface area contributed by atoms with Gasteiger partial charge in [-0.2, -0.15) is 0 Å². The van der Waals surface area contributed by atoms with E-state index in [2.05, 4.69) is 0 Å². The molecule has 5 rings (SSSR count). The van der Waals surface area contributed by atoms with E-state index in [1.54, 1.807) is 19.1 Å². The molecule has 0 saturated heterocycles. The molecule has 0 aromatic heterocycles. The molecule has 2 unspecified atom stereocenters. The van der Waals surface area contributed by atoms with Gasteiger partial charge < -0.3 is 39.0 Å². The maximum Gasteiger partial charge on any atom is 0.206 e. The maximum atomic E-state index is 13.6. The van der Waals surface area contributed by atoms with E-state index in [-0.39, 0.29) is 36.5 Å². The second kappa shape index (κ2) is 6.99. The maximum absolute atomic E-state index is 13.6. The first kappa shape index (κ1) is 20.9. The van der Waals surface area contributed by atoms with E-state index in [1.165, 1.54) is 26.4 Å². The van der Waals surface area contributed by atoms with Crippen LogP contribution >= 0.6 is 0 Å². The number of carbonyl (C=O) groups is 1. The molecule has 0 aliphatic carbocycles. The van der Waals surface area contributed by atoms with Crippen LogP contribution in [0.15, 0.2) is 24.3 Å². The molecule has 4 atom stereocenters. The topological polar surface area (TPSA) is 124 Å². The number of rotatable bonds is 3. The monoisotopic (exact) mass is 444 g/mol. The van der Waals surface area contributed by atoms with Crippen LogP contribution in [0.5, 0.6) is 28.7 Å². The van der Waals surface area contributed by atoms with E-state index in [0.29, 0.717) is 28.6 Å². The molecule has 9 heteroatoms. The van der Waals surface area contributed by atoms with Gasteiger partial charge in [-0.15, -0.1) is 0 Å². The molecule has 0 fully saturated rings. The Kier molecular flexibility index (Phi) is 4.56. The molecule has 0 amide bonds. The molecule has 0 saturated carbocycles. The van der Waals surface area contributed by atoms with Crippen molar-refractivity contribution in [1.29, 1.82) is 0 Å². The van der Waals surface area contributed by atoms with Crippen molar-refractivity contribution in [3.63, 3.8) is 0 Å². The third-order valence-electron chi connectivity index (χ3n) is 6.58. The smallest absolute Gasteiger partial charge is 0.206 e. The predicted octanol–water partition coefficient (Wildman–Crippen LogP) is 0.974. The molecule has 32 heavy (non-hydrogen) atoms. The molecular formula is C23H24O9. The summed E-state index contributed by atoms with van der Waals surface area (Å²) >= 11 is 0. The van der Waals surface area contributed by atoms with E-state index < -0.39 is 29.2 Å². The third kappa shape index (κ3) is 2.65. The summed E-state index contributed by atoms with van der Waals surface area (Å²) in [6, 6.07) is 6.20. The number of fused-ring (bicyclic) bond motifs is 6. The zero-order valence-electron chi connectivity index (χ0n) is 17.9. The van der Waals surface area contributed by atoms with E-state index in [4.69, 9.17) is 23.7 Å². The minimum atomic E-state index is -2.00. The van der Waals surface area contributed by atoms with Crippen molar-refractivity contribution < 1.29 is 43.8 Å². The zero-order valence-corrected chi connectivity index (χ0v) is 17.9. The number of carbonyl (C=O) groups excluding carboxylic acids is 1. The van der Waals surface area contributed by atoms with Crippen molar-refractivity contribution in [1.82, 2.24) is 0 Å². The quantitative estimate of drug-likeness (QED) is 0.635. The summed E-state index contributed by atoms with van der Waals surface area (Å²) in [4.78, 5) is 13.6. The Bertz CT molecular complexity index is 1110. The van der Waals surface area contributed by atoms with Crippen LogP contribution in [0.4, 0.5) is 0 Å². The van der Waals surface area contributed by atoms with Gasteiger partial charge in [0, 0.05) is 23.6 Å². The molecule has 2 aromatic carbocycles. The number of methoxy groups -OCH3 is 2. The van der Waals surface area contributed by atoms with Gasteiger partial charge in [0.2, 0.25) is 5.78 Å². The normalized spacial score (nSPS) is 29.9. The molecule has 3 N–H and O–H groups in total. The largest absolute Gasteiger partial charge is 0.493 e. The summed E-state index contributed by atoms with van der Waals surface area (Å²) in [5, 5.41) is 31.8. The van der Waals surface area contributed by atoms with Gasteiger partial charge in [-0.3, -0.25) is 4.79 Å². The van der Waals surface area contributed by atoms with Crippen molar-refractivity contribution in [3.8, 4) is 28.7 Å². The van der Waals surface area contributed by atoms with Crippen molar-refractivity contribution in [2.75, 3.05) is 27.4 Å². The number of benzene rings is 2. The molecule has 3 heterocycles. The molecule has 9 nitrogen and oxygen atoms in total. The zero-order chi connectivity index (χ0) is 22.8. The summed E-state index contributed by atoms with van der Waals surface area (Å²) in [7, 11) is 2.94. The van der Waals surface area contributed by atoms with Gasteiger partial charge >= 0.3 is 0 Å². The highest BCUT2D eigenvalue weighted by Gasteiger charge is 2.57. The first-order chi connectivity index (χ1) is 15.3. The fourth-order valence-electron chi connectivity index (χ4n) is 4.55. The number of hydrogen-bond donors (Lipinski definition) is 3. The molecule has 3 aliphatic heterocycles. The fraction of sp³-hybridized carbons (Fsp3) is 0.435. The predicted molar refractivity (Wildman–Crippen MR) is 110 cm³/mol. The van der Waals surface area contributed by atoms with E-state index >= 15 is 0 Å². The number of aliphatic hydroxyl groups is 3. The first-order valence-corrected chi connectivity index (χ1v) is 10.2. The van der Waals surface area contributed by atoms with E-state index in [1.807, 2.05) is 0 Å². The second-order valence-corrected chi connectivity index (χ2v) is 8.43. The Morgan fingerprint density at radius 3 is 2.56 bits per heavy atom. The number of Topliss-reactive ketones (excluding diaryl/α,β-unsaturated/α-hetero) is 1. The van der Waals surface area contributed by atoms with Crippen LogP contribution in [-0.2, 0) is 12.0 Å². The van der Waals surface area contributed by atoms with Crippen LogP contribution in [0.1, 0.15) is 28.4 Å². The summed E-state index contributed by atoms with van der Waals surface area (Å²) in [5.41, 5.74) is -2.25. The molecule has 0 spiro atoms. The van der Waals surface area contributed by atoms with Crippen molar-refractivity contribution in [2.45, 2.75) is 36.8 Å². The number of ketones is 1. The molecule has 0 bridgehead atoms. The van der Waals surface area contributed by atoms with Crippen LogP contribution in [-0.4, -0.2) is 66.3 Å². The lowest BCUT2D eigenvalue weighted by Gasteiger charge is -2.45. The Morgan fingerprint density at radius 1 is 1.16 bits per heavy atom. The average Bonchev–Trinajstić information content (AvgIpc) is 2.80. The van der Waals surface area contributed by atoms with Crippen molar-refractivity contribution in [3.05, 3.63) is 41.0 Å².